The molecule has 3 saturated heterocycles. The minimum Gasteiger partial charge on any atom is -0.444 e. The van der Waals surface area contributed by atoms with Gasteiger partial charge in [-0.15, -0.1) is 10.2 Å². The van der Waals surface area contributed by atoms with Crippen molar-refractivity contribution in [3.8, 4) is 0 Å². The Morgan fingerprint density at radius 3 is 2.71 bits per heavy atom. The van der Waals surface area contributed by atoms with Crippen LogP contribution in [0.4, 0.5) is 9.59 Å². The van der Waals surface area contributed by atoms with Gasteiger partial charge in [0, 0.05) is 26.1 Å². The number of hydrogen-bond donors (Lipinski definition) is 1. The molecule has 0 spiro atoms. The Labute approximate surface area is 163 Å². The van der Waals surface area contributed by atoms with E-state index < -0.39 is 11.6 Å². The zero-order valence-corrected chi connectivity index (χ0v) is 16.5. The van der Waals surface area contributed by atoms with Crippen LogP contribution < -0.4 is 0 Å². The van der Waals surface area contributed by atoms with E-state index >= 15 is 0 Å². The van der Waals surface area contributed by atoms with Crippen LogP contribution in [0.15, 0.2) is 4.42 Å². The fourth-order valence-corrected chi connectivity index (χ4v) is 3.97. The molecule has 3 aliphatic rings. The molecule has 3 fully saturated rings. The van der Waals surface area contributed by atoms with Gasteiger partial charge in [-0.25, -0.2) is 14.7 Å². The molecule has 4 rings (SSSR count). The number of carbonyl (C=O) groups is 2. The van der Waals surface area contributed by atoms with E-state index in [-0.39, 0.29) is 18.2 Å². The summed E-state index contributed by atoms with van der Waals surface area (Å²) >= 11 is 0. The third kappa shape index (κ3) is 3.65. The van der Waals surface area contributed by atoms with Crippen molar-refractivity contribution in [3.05, 3.63) is 11.8 Å². The number of ether oxygens (including phenoxy) is 1. The Balaban J connectivity index is 1.25. The first-order valence-electron chi connectivity index (χ1n) is 9.80. The number of aromatic nitrogens is 2. The van der Waals surface area contributed by atoms with Crippen molar-refractivity contribution in [2.75, 3.05) is 19.6 Å². The van der Waals surface area contributed by atoms with E-state index in [0.29, 0.717) is 56.6 Å². The number of nitrogens with zero attached hydrogens (tertiary/aromatic N) is 5. The van der Waals surface area contributed by atoms with Crippen LogP contribution in [0, 0.1) is 5.92 Å². The molecule has 10 nitrogen and oxygen atoms in total. The van der Waals surface area contributed by atoms with E-state index in [1.807, 2.05) is 20.8 Å². The van der Waals surface area contributed by atoms with Crippen molar-refractivity contribution < 1.29 is 24.0 Å². The number of hydrogen-bond acceptors (Lipinski definition) is 7. The van der Waals surface area contributed by atoms with Gasteiger partial charge in [-0.3, -0.25) is 5.21 Å². The monoisotopic (exact) mass is 393 g/mol. The standard InChI is InChI=1S/C18H27N5O5/c1-18(2,3)28-17(25)21-8-11(9-21)4-7-14-19-20-15(27-14)13-6-5-12-10-22(13)16(24)23(12)26/h11-13,26H,4-10H2,1-3H3/t12?,13-/m0/s1. The highest BCUT2D eigenvalue weighted by molar-refractivity contribution is 5.76. The first-order valence-corrected chi connectivity index (χ1v) is 9.80. The van der Waals surface area contributed by atoms with Crippen molar-refractivity contribution in [1.29, 1.82) is 0 Å². The molecule has 154 valence electrons. The highest BCUT2D eigenvalue weighted by Crippen LogP contribution is 2.37. The molecule has 0 aliphatic carbocycles. The highest BCUT2D eigenvalue weighted by Gasteiger charge is 2.46. The normalized spacial score (nSPS) is 25.3. The lowest BCUT2D eigenvalue weighted by atomic mass is 9.95. The molecule has 3 aliphatic heterocycles. The van der Waals surface area contributed by atoms with E-state index in [9.17, 15) is 14.8 Å². The van der Waals surface area contributed by atoms with Gasteiger partial charge in [0.15, 0.2) is 0 Å². The third-order valence-electron chi connectivity index (χ3n) is 5.49. The van der Waals surface area contributed by atoms with E-state index in [1.165, 1.54) is 0 Å². The fourth-order valence-electron chi connectivity index (χ4n) is 3.97. The smallest absolute Gasteiger partial charge is 0.410 e. The average Bonchev–Trinajstić information content (AvgIpc) is 3.13. The quantitative estimate of drug-likeness (QED) is 0.780. The maximum atomic E-state index is 12.1. The minimum atomic E-state index is -0.481. The predicted octanol–water partition coefficient (Wildman–Crippen LogP) is 2.20. The van der Waals surface area contributed by atoms with Gasteiger partial charge >= 0.3 is 12.1 Å². The van der Waals surface area contributed by atoms with Gasteiger partial charge in [-0.1, -0.05) is 0 Å². The van der Waals surface area contributed by atoms with Crippen LogP contribution in [0.2, 0.25) is 0 Å². The molecule has 0 aromatic carbocycles. The van der Waals surface area contributed by atoms with Crippen LogP contribution in [0.1, 0.15) is 57.9 Å². The molecular formula is C18H27N5O5. The maximum Gasteiger partial charge on any atom is 0.410 e. The molecular weight excluding hydrogens is 366 g/mol. The SMILES string of the molecule is CC(C)(C)OC(=O)N1CC(CCc2nnc([C@@H]3CCC4CN3C(=O)N4O)o2)C1. The van der Waals surface area contributed by atoms with Gasteiger partial charge in [0.1, 0.15) is 11.6 Å². The number of piperidine rings is 1. The molecule has 10 heteroatoms. The molecule has 3 amide bonds. The lowest BCUT2D eigenvalue weighted by Gasteiger charge is -2.39. The molecule has 4 heterocycles. The van der Waals surface area contributed by atoms with Crippen LogP contribution in [-0.4, -0.2) is 73.7 Å². The number of hydroxylamine groups is 2. The molecule has 1 aromatic heterocycles. The van der Waals surface area contributed by atoms with Crippen LogP contribution in [0.5, 0.6) is 0 Å². The lowest BCUT2D eigenvalue weighted by molar-refractivity contribution is -0.0584. The number of carbonyl (C=O) groups excluding carboxylic acids is 2. The number of rotatable bonds is 4. The van der Waals surface area contributed by atoms with Crippen molar-refractivity contribution in [2.24, 2.45) is 5.92 Å². The van der Waals surface area contributed by atoms with Gasteiger partial charge in [-0.05, 0) is 46.0 Å². The van der Waals surface area contributed by atoms with Crippen LogP contribution in [0.25, 0.3) is 0 Å². The lowest BCUT2D eigenvalue weighted by Crippen LogP contribution is -2.51. The first-order chi connectivity index (χ1) is 13.2. The van der Waals surface area contributed by atoms with Crippen LogP contribution >= 0.6 is 0 Å². The second-order valence-electron chi connectivity index (χ2n) is 8.85. The van der Waals surface area contributed by atoms with Crippen molar-refractivity contribution in [1.82, 2.24) is 25.1 Å². The Kier molecular flexibility index (Phi) is 4.68. The molecule has 1 N–H and O–H groups in total. The summed E-state index contributed by atoms with van der Waals surface area (Å²) in [5, 5.41) is 18.8. The fraction of sp³-hybridized carbons (Fsp3) is 0.778. The molecule has 2 bridgehead atoms. The highest BCUT2D eigenvalue weighted by atomic mass is 16.6. The number of amides is 3. The van der Waals surface area contributed by atoms with Crippen LogP contribution in [0.3, 0.4) is 0 Å². The van der Waals surface area contributed by atoms with Gasteiger partial charge in [-0.2, -0.15) is 0 Å². The summed E-state index contributed by atoms with van der Waals surface area (Å²) in [6, 6.07) is -0.810. The summed E-state index contributed by atoms with van der Waals surface area (Å²) in [6.07, 6.45) is 2.62. The Hall–Kier alpha value is -2.36. The Bertz CT molecular complexity index is 754. The number of aryl methyl sites for hydroxylation is 1. The summed E-state index contributed by atoms with van der Waals surface area (Å²) in [7, 11) is 0. The summed E-state index contributed by atoms with van der Waals surface area (Å²) in [6.45, 7) is 7.41. The topological polar surface area (TPSA) is 112 Å². The van der Waals surface area contributed by atoms with E-state index in [2.05, 4.69) is 10.2 Å². The Morgan fingerprint density at radius 2 is 2.00 bits per heavy atom. The van der Waals surface area contributed by atoms with Gasteiger partial charge in [0.25, 0.3) is 0 Å². The summed E-state index contributed by atoms with van der Waals surface area (Å²) in [4.78, 5) is 27.3. The zero-order chi connectivity index (χ0) is 20.1. The van der Waals surface area contributed by atoms with E-state index in [1.54, 1.807) is 9.80 Å². The van der Waals surface area contributed by atoms with E-state index in [4.69, 9.17) is 9.15 Å². The zero-order valence-electron chi connectivity index (χ0n) is 16.5. The van der Waals surface area contributed by atoms with Gasteiger partial charge in [0.05, 0.1) is 6.04 Å². The van der Waals surface area contributed by atoms with Crippen molar-refractivity contribution in [2.45, 2.75) is 64.1 Å². The maximum absolute atomic E-state index is 12.1. The van der Waals surface area contributed by atoms with Gasteiger partial charge in [0.2, 0.25) is 11.8 Å². The first kappa shape index (κ1) is 19.0. The van der Waals surface area contributed by atoms with Crippen molar-refractivity contribution in [3.63, 3.8) is 0 Å². The largest absolute Gasteiger partial charge is 0.444 e. The summed E-state index contributed by atoms with van der Waals surface area (Å²) in [5.41, 5.74) is -0.481. The van der Waals surface area contributed by atoms with E-state index in [0.717, 1.165) is 11.5 Å². The molecule has 0 radical (unpaired) electrons. The van der Waals surface area contributed by atoms with Crippen molar-refractivity contribution >= 4 is 12.1 Å². The summed E-state index contributed by atoms with van der Waals surface area (Å²) < 4.78 is 11.2. The summed E-state index contributed by atoms with van der Waals surface area (Å²) in [5.74, 6) is 1.36. The molecule has 1 aromatic rings. The molecule has 2 atom stereocenters. The predicted molar refractivity (Wildman–Crippen MR) is 95.4 cm³/mol. The van der Waals surface area contributed by atoms with Crippen LogP contribution in [-0.2, 0) is 11.2 Å². The third-order valence-corrected chi connectivity index (χ3v) is 5.49. The number of likely N-dealkylation sites (tertiary alicyclic amines) is 1. The molecule has 1 unspecified atom stereocenters. The minimum absolute atomic E-state index is 0.141. The molecule has 28 heavy (non-hydrogen) atoms. The second kappa shape index (κ2) is 6.91. The second-order valence-corrected chi connectivity index (χ2v) is 8.85. The van der Waals surface area contributed by atoms with Gasteiger partial charge < -0.3 is 19.0 Å². The number of fused-ring (bicyclic) bond motifs is 2. The average molecular weight is 393 g/mol. The number of urea groups is 1. The Morgan fingerprint density at radius 1 is 1.25 bits per heavy atom. The molecule has 0 saturated carbocycles.